The highest BCUT2D eigenvalue weighted by Crippen LogP contribution is 2.31. The van der Waals surface area contributed by atoms with Crippen molar-refractivity contribution >= 4 is 5.97 Å². The number of carbonyl (C=O) groups excluding carboxylic acids is 1. The molecule has 2 N–H and O–H groups in total. The molecule has 1 aromatic rings. The lowest BCUT2D eigenvalue weighted by atomic mass is 9.83. The summed E-state index contributed by atoms with van der Waals surface area (Å²) in [6.07, 6.45) is 1.96. The van der Waals surface area contributed by atoms with E-state index < -0.39 is 11.6 Å². The predicted molar refractivity (Wildman–Crippen MR) is 79.7 cm³/mol. The minimum Gasteiger partial charge on any atom is -0.507 e. The van der Waals surface area contributed by atoms with E-state index in [4.69, 9.17) is 9.47 Å². The molecule has 1 aliphatic rings. The predicted octanol–water partition coefficient (Wildman–Crippen LogP) is 2.34. The highest BCUT2D eigenvalue weighted by Gasteiger charge is 2.34. The molecule has 0 atom stereocenters. The summed E-state index contributed by atoms with van der Waals surface area (Å²) in [5, 5.41) is 13.2. The van der Waals surface area contributed by atoms with Gasteiger partial charge >= 0.3 is 5.97 Å². The summed E-state index contributed by atoms with van der Waals surface area (Å²) in [6.45, 7) is 5.75. The molecule has 0 saturated carbocycles. The van der Waals surface area contributed by atoms with Gasteiger partial charge in [-0.25, -0.2) is 4.79 Å². The number of piperidine rings is 1. The van der Waals surface area contributed by atoms with Crippen molar-refractivity contribution in [2.75, 3.05) is 20.2 Å². The Morgan fingerprint density at radius 1 is 1.33 bits per heavy atom. The van der Waals surface area contributed by atoms with Gasteiger partial charge in [-0.15, -0.1) is 0 Å². The minimum absolute atomic E-state index is 0.125. The fraction of sp³-hybridized carbons (Fsp3) is 0.562. The zero-order valence-electron chi connectivity index (χ0n) is 12.8. The van der Waals surface area contributed by atoms with Crippen LogP contribution in [0.1, 0.15) is 37.0 Å². The number of carbonyl (C=O) groups is 1. The Bertz CT molecular complexity index is 507. The number of benzene rings is 1. The monoisotopic (exact) mass is 293 g/mol. The topological polar surface area (TPSA) is 67.8 Å². The average molecular weight is 293 g/mol. The molecule has 0 amide bonds. The van der Waals surface area contributed by atoms with E-state index >= 15 is 0 Å². The molecule has 0 unspecified atom stereocenters. The molecular formula is C16H23NO4. The number of phenols is 1. The van der Waals surface area contributed by atoms with E-state index in [1.54, 1.807) is 6.07 Å². The molecule has 0 spiro atoms. The van der Waals surface area contributed by atoms with E-state index in [1.807, 2.05) is 13.8 Å². The molecule has 21 heavy (non-hydrogen) atoms. The lowest BCUT2D eigenvalue weighted by molar-refractivity contribution is -0.0369. The molecule has 1 aliphatic heterocycles. The van der Waals surface area contributed by atoms with Gasteiger partial charge in [0.1, 0.15) is 22.7 Å². The van der Waals surface area contributed by atoms with Gasteiger partial charge in [-0.2, -0.15) is 0 Å². The van der Waals surface area contributed by atoms with E-state index in [0.717, 1.165) is 25.9 Å². The number of esters is 1. The third-order valence-electron chi connectivity index (χ3n) is 4.10. The van der Waals surface area contributed by atoms with Gasteiger partial charge in [-0.1, -0.05) is 0 Å². The normalized spacial score (nSPS) is 16.5. The number of methoxy groups -OCH3 is 1. The second kappa shape index (κ2) is 6.35. The summed E-state index contributed by atoms with van der Waals surface area (Å²) in [4.78, 5) is 12.3. The van der Waals surface area contributed by atoms with Crippen LogP contribution in [0.25, 0.3) is 0 Å². The van der Waals surface area contributed by atoms with E-state index in [2.05, 4.69) is 5.32 Å². The van der Waals surface area contributed by atoms with Crippen LogP contribution in [0.15, 0.2) is 18.2 Å². The van der Waals surface area contributed by atoms with Crippen molar-refractivity contribution in [3.05, 3.63) is 23.8 Å². The van der Waals surface area contributed by atoms with E-state index in [9.17, 15) is 9.90 Å². The van der Waals surface area contributed by atoms with Crippen LogP contribution >= 0.6 is 0 Å². The summed E-state index contributed by atoms with van der Waals surface area (Å²) in [5.74, 6) is 0.198. The maximum Gasteiger partial charge on any atom is 0.342 e. The first kappa shape index (κ1) is 15.6. The molecule has 0 aromatic heterocycles. The maximum atomic E-state index is 12.3. The molecule has 1 heterocycles. The van der Waals surface area contributed by atoms with E-state index in [1.165, 1.54) is 19.2 Å². The Balaban J connectivity index is 2.09. The number of hydrogen-bond donors (Lipinski definition) is 2. The lowest BCUT2D eigenvalue weighted by Crippen LogP contribution is -2.42. The Morgan fingerprint density at radius 2 is 2.00 bits per heavy atom. The van der Waals surface area contributed by atoms with Gasteiger partial charge in [0.05, 0.1) is 7.11 Å². The molecule has 5 heteroatoms. The summed E-state index contributed by atoms with van der Waals surface area (Å²) >= 11 is 0. The van der Waals surface area contributed by atoms with Gasteiger partial charge in [0.25, 0.3) is 0 Å². The number of nitrogens with one attached hydrogen (secondary N) is 1. The van der Waals surface area contributed by atoms with Crippen LogP contribution in [0.5, 0.6) is 11.5 Å². The average Bonchev–Trinajstić information content (AvgIpc) is 2.47. The van der Waals surface area contributed by atoms with Crippen LogP contribution in [0, 0.1) is 5.92 Å². The fourth-order valence-electron chi connectivity index (χ4n) is 2.71. The van der Waals surface area contributed by atoms with Crippen molar-refractivity contribution in [1.29, 1.82) is 0 Å². The van der Waals surface area contributed by atoms with Crippen molar-refractivity contribution in [2.24, 2.45) is 5.92 Å². The van der Waals surface area contributed by atoms with E-state index in [0.29, 0.717) is 11.7 Å². The van der Waals surface area contributed by atoms with Crippen molar-refractivity contribution in [3.8, 4) is 11.5 Å². The zero-order chi connectivity index (χ0) is 15.5. The van der Waals surface area contributed by atoms with Gasteiger partial charge in [0.2, 0.25) is 0 Å². The molecule has 116 valence electrons. The quantitative estimate of drug-likeness (QED) is 0.834. The molecule has 1 saturated heterocycles. The van der Waals surface area contributed by atoms with Crippen LogP contribution in [0.4, 0.5) is 0 Å². The number of rotatable bonds is 4. The lowest BCUT2D eigenvalue weighted by Gasteiger charge is -2.36. The van der Waals surface area contributed by atoms with Crippen LogP contribution in [-0.4, -0.2) is 36.9 Å². The highest BCUT2D eigenvalue weighted by molar-refractivity contribution is 5.92. The van der Waals surface area contributed by atoms with Crippen LogP contribution in [0.2, 0.25) is 0 Å². The smallest absolute Gasteiger partial charge is 0.342 e. The second-order valence-corrected chi connectivity index (χ2v) is 5.90. The first-order valence-corrected chi connectivity index (χ1v) is 7.25. The van der Waals surface area contributed by atoms with Crippen molar-refractivity contribution in [2.45, 2.75) is 32.3 Å². The van der Waals surface area contributed by atoms with Crippen LogP contribution < -0.4 is 10.1 Å². The van der Waals surface area contributed by atoms with Crippen LogP contribution in [-0.2, 0) is 4.74 Å². The Hall–Kier alpha value is -1.75. The maximum absolute atomic E-state index is 12.3. The molecule has 0 radical (unpaired) electrons. The third kappa shape index (κ3) is 3.67. The third-order valence-corrected chi connectivity index (χ3v) is 4.10. The van der Waals surface area contributed by atoms with Gasteiger partial charge in [-0.05, 0) is 51.9 Å². The van der Waals surface area contributed by atoms with Crippen molar-refractivity contribution in [1.82, 2.24) is 5.32 Å². The van der Waals surface area contributed by atoms with Crippen LogP contribution in [0.3, 0.4) is 0 Å². The van der Waals surface area contributed by atoms with Gasteiger partial charge in [0, 0.05) is 12.0 Å². The number of ether oxygens (including phenoxy) is 2. The largest absolute Gasteiger partial charge is 0.507 e. The molecule has 5 nitrogen and oxygen atoms in total. The first-order valence-electron chi connectivity index (χ1n) is 7.25. The zero-order valence-corrected chi connectivity index (χ0v) is 12.8. The SMILES string of the molecule is COc1ccc(C(=O)OC(C)(C)C2CCNCC2)c(O)c1. The number of hydrogen-bond acceptors (Lipinski definition) is 5. The molecular weight excluding hydrogens is 270 g/mol. The Kier molecular flexibility index (Phi) is 4.73. The molecule has 1 aromatic carbocycles. The summed E-state index contributed by atoms with van der Waals surface area (Å²) in [5.41, 5.74) is -0.385. The van der Waals surface area contributed by atoms with Crippen molar-refractivity contribution < 1.29 is 19.4 Å². The van der Waals surface area contributed by atoms with Gasteiger partial charge in [-0.3, -0.25) is 0 Å². The standard InChI is InChI=1S/C16H23NO4/c1-16(2,11-6-8-17-9-7-11)21-15(19)13-5-4-12(20-3)10-14(13)18/h4-5,10-11,17-18H,6-9H2,1-3H3. The van der Waals surface area contributed by atoms with E-state index in [-0.39, 0.29) is 11.3 Å². The summed E-state index contributed by atoms with van der Waals surface area (Å²) < 4.78 is 10.7. The molecule has 1 fully saturated rings. The number of aromatic hydroxyl groups is 1. The van der Waals surface area contributed by atoms with Crippen molar-refractivity contribution in [3.63, 3.8) is 0 Å². The molecule has 0 aliphatic carbocycles. The van der Waals surface area contributed by atoms with Gasteiger partial charge in [0.15, 0.2) is 0 Å². The second-order valence-electron chi connectivity index (χ2n) is 5.90. The highest BCUT2D eigenvalue weighted by atomic mass is 16.6. The fourth-order valence-corrected chi connectivity index (χ4v) is 2.71. The van der Waals surface area contributed by atoms with Gasteiger partial charge < -0.3 is 19.9 Å². The summed E-state index contributed by atoms with van der Waals surface area (Å²) in [6, 6.07) is 4.57. The molecule has 2 rings (SSSR count). The minimum atomic E-state index is -0.550. The Morgan fingerprint density at radius 3 is 2.57 bits per heavy atom. The Labute approximate surface area is 125 Å². The molecule has 0 bridgehead atoms. The number of phenolic OH excluding ortho intramolecular Hbond substituents is 1. The first-order chi connectivity index (χ1) is 9.94. The summed E-state index contributed by atoms with van der Waals surface area (Å²) in [7, 11) is 1.51.